The van der Waals surface area contributed by atoms with E-state index in [9.17, 15) is 18.0 Å². The Bertz CT molecular complexity index is 1440. The summed E-state index contributed by atoms with van der Waals surface area (Å²) in [5.41, 5.74) is 2.44. The number of rotatable bonds is 11. The molecule has 0 aliphatic heterocycles. The van der Waals surface area contributed by atoms with Gasteiger partial charge in [-0.3, -0.25) is 13.9 Å². The lowest BCUT2D eigenvalue weighted by molar-refractivity contribution is -0.139. The summed E-state index contributed by atoms with van der Waals surface area (Å²) in [7, 11) is -4.15. The van der Waals surface area contributed by atoms with Crippen molar-refractivity contribution in [2.24, 2.45) is 0 Å². The fourth-order valence-corrected chi connectivity index (χ4v) is 6.15. The van der Waals surface area contributed by atoms with Crippen LogP contribution in [0.5, 0.6) is 0 Å². The van der Waals surface area contributed by atoms with Crippen molar-refractivity contribution in [1.82, 2.24) is 10.2 Å². The number of anilines is 1. The van der Waals surface area contributed by atoms with Gasteiger partial charge in [0.05, 0.1) is 10.6 Å². The number of carbonyl (C=O) groups is 2. The van der Waals surface area contributed by atoms with Gasteiger partial charge in [0.15, 0.2) is 0 Å². The lowest BCUT2D eigenvalue weighted by atomic mass is 10.1. The third kappa shape index (κ3) is 7.16. The Morgan fingerprint density at radius 1 is 0.900 bits per heavy atom. The molecule has 214 valence electrons. The molecular formula is C30H35Cl2N3O4S. The highest BCUT2D eigenvalue weighted by atomic mass is 35.5. The van der Waals surface area contributed by atoms with Crippen molar-refractivity contribution in [3.05, 3.63) is 93.5 Å². The van der Waals surface area contributed by atoms with Gasteiger partial charge in [-0.2, -0.15) is 0 Å². The maximum atomic E-state index is 14.1. The minimum atomic E-state index is -4.15. The number of carbonyl (C=O) groups excluding carboxylic acids is 2. The molecule has 0 saturated carbocycles. The highest BCUT2D eigenvalue weighted by Gasteiger charge is 2.34. The Morgan fingerprint density at radius 2 is 1.50 bits per heavy atom. The summed E-state index contributed by atoms with van der Waals surface area (Å²) in [6.45, 7) is 8.49. The zero-order chi connectivity index (χ0) is 29.6. The maximum Gasteiger partial charge on any atom is 0.264 e. The van der Waals surface area contributed by atoms with E-state index in [0.29, 0.717) is 27.7 Å². The summed E-state index contributed by atoms with van der Waals surface area (Å²) in [5.74, 6) is -0.946. The van der Waals surface area contributed by atoms with Crippen LogP contribution in [0.4, 0.5) is 5.69 Å². The fraction of sp³-hybridized carbons (Fsp3) is 0.333. The van der Waals surface area contributed by atoms with Gasteiger partial charge in [-0.05, 0) is 75.6 Å². The second kappa shape index (κ2) is 13.5. The molecule has 2 amide bonds. The van der Waals surface area contributed by atoms with Gasteiger partial charge in [-0.25, -0.2) is 8.42 Å². The van der Waals surface area contributed by atoms with E-state index in [4.69, 9.17) is 23.2 Å². The largest absolute Gasteiger partial charge is 0.352 e. The van der Waals surface area contributed by atoms with Gasteiger partial charge < -0.3 is 10.2 Å². The van der Waals surface area contributed by atoms with Crippen LogP contribution in [0.3, 0.4) is 0 Å². The molecule has 2 atom stereocenters. The molecular weight excluding hydrogens is 569 g/mol. The third-order valence-corrected chi connectivity index (χ3v) is 9.50. The number of benzene rings is 3. The average molecular weight is 605 g/mol. The lowest BCUT2D eigenvalue weighted by Crippen LogP contribution is -2.52. The number of hydrogen-bond donors (Lipinski definition) is 1. The second-order valence-corrected chi connectivity index (χ2v) is 12.4. The van der Waals surface area contributed by atoms with Gasteiger partial charge in [0, 0.05) is 28.2 Å². The van der Waals surface area contributed by atoms with E-state index in [2.05, 4.69) is 5.32 Å². The van der Waals surface area contributed by atoms with Crippen LogP contribution in [-0.2, 0) is 26.2 Å². The van der Waals surface area contributed by atoms with Crippen molar-refractivity contribution in [2.45, 2.75) is 64.6 Å². The Hall–Kier alpha value is -3.07. The van der Waals surface area contributed by atoms with E-state index in [1.165, 1.54) is 17.0 Å². The van der Waals surface area contributed by atoms with Gasteiger partial charge >= 0.3 is 0 Å². The number of nitrogens with one attached hydrogen (secondary N) is 1. The number of amides is 2. The quantitative estimate of drug-likeness (QED) is 0.285. The Labute approximate surface area is 247 Å². The molecule has 0 heterocycles. The van der Waals surface area contributed by atoms with Crippen LogP contribution in [0.25, 0.3) is 0 Å². The van der Waals surface area contributed by atoms with Crippen molar-refractivity contribution >= 4 is 50.7 Å². The zero-order valence-corrected chi connectivity index (χ0v) is 25.6. The lowest BCUT2D eigenvalue weighted by Gasteiger charge is -2.33. The molecule has 0 spiro atoms. The number of hydrogen-bond acceptors (Lipinski definition) is 4. The van der Waals surface area contributed by atoms with Crippen molar-refractivity contribution in [2.75, 3.05) is 10.8 Å². The van der Waals surface area contributed by atoms with E-state index in [1.807, 2.05) is 33.8 Å². The third-order valence-electron chi connectivity index (χ3n) is 7.01. The van der Waals surface area contributed by atoms with E-state index < -0.39 is 28.5 Å². The monoisotopic (exact) mass is 603 g/mol. The van der Waals surface area contributed by atoms with Crippen LogP contribution in [0, 0.1) is 13.8 Å². The van der Waals surface area contributed by atoms with E-state index in [-0.39, 0.29) is 23.4 Å². The first-order valence-electron chi connectivity index (χ1n) is 13.0. The number of sulfonamides is 1. The maximum absolute atomic E-state index is 14.1. The molecule has 0 fully saturated rings. The summed E-state index contributed by atoms with van der Waals surface area (Å²) >= 11 is 12.9. The first kappa shape index (κ1) is 31.5. The minimum absolute atomic E-state index is 0.0481. The number of halogens is 2. The molecule has 0 unspecified atom stereocenters. The summed E-state index contributed by atoms with van der Waals surface area (Å²) in [6, 6.07) is 17.2. The van der Waals surface area contributed by atoms with E-state index in [0.717, 1.165) is 15.4 Å². The van der Waals surface area contributed by atoms with Crippen molar-refractivity contribution < 1.29 is 18.0 Å². The van der Waals surface area contributed by atoms with Gasteiger partial charge in [0.25, 0.3) is 10.0 Å². The number of nitrogens with zero attached hydrogens (tertiary/aromatic N) is 2. The van der Waals surface area contributed by atoms with Crippen LogP contribution >= 0.6 is 23.2 Å². The molecule has 0 radical (unpaired) electrons. The molecule has 7 nitrogen and oxygen atoms in total. The smallest absolute Gasteiger partial charge is 0.264 e. The molecule has 0 bridgehead atoms. The Balaban J connectivity index is 2.10. The van der Waals surface area contributed by atoms with Gasteiger partial charge in [0.1, 0.15) is 12.6 Å². The summed E-state index contributed by atoms with van der Waals surface area (Å²) < 4.78 is 29.0. The predicted molar refractivity (Wildman–Crippen MR) is 161 cm³/mol. The molecule has 3 aromatic rings. The standard InChI is InChI=1S/C30H35Cl2N3O4S/c1-6-21(3)33-30(37)23(5)34(18-25-26(31)15-11-16-27(25)32)29(36)19-35(28-17-10-12-20(2)22(28)4)40(38,39)24-13-8-7-9-14-24/h7-17,21,23H,6,18-19H2,1-5H3,(H,33,37)/t21-,23-/m1/s1. The molecule has 3 aromatic carbocycles. The van der Waals surface area contributed by atoms with Crippen molar-refractivity contribution in [3.8, 4) is 0 Å². The summed E-state index contributed by atoms with van der Waals surface area (Å²) in [6.07, 6.45) is 0.707. The summed E-state index contributed by atoms with van der Waals surface area (Å²) in [4.78, 5) is 28.6. The molecule has 10 heteroatoms. The fourth-order valence-electron chi connectivity index (χ4n) is 4.14. The first-order valence-corrected chi connectivity index (χ1v) is 15.2. The van der Waals surface area contributed by atoms with Gasteiger partial charge in [-0.1, -0.05) is 66.5 Å². The topological polar surface area (TPSA) is 86.8 Å². The predicted octanol–water partition coefficient (Wildman–Crippen LogP) is 6.14. The highest BCUT2D eigenvalue weighted by molar-refractivity contribution is 7.92. The van der Waals surface area contributed by atoms with Crippen molar-refractivity contribution in [1.29, 1.82) is 0 Å². The Kier molecular flexibility index (Phi) is 10.6. The molecule has 40 heavy (non-hydrogen) atoms. The minimum Gasteiger partial charge on any atom is -0.352 e. The highest BCUT2D eigenvalue weighted by Crippen LogP contribution is 2.30. The van der Waals surface area contributed by atoms with Crippen LogP contribution in [-0.4, -0.2) is 43.8 Å². The van der Waals surface area contributed by atoms with Crippen LogP contribution in [0.2, 0.25) is 10.0 Å². The second-order valence-electron chi connectivity index (χ2n) is 9.76. The van der Waals surface area contributed by atoms with E-state index in [1.54, 1.807) is 55.5 Å². The molecule has 1 N–H and O–H groups in total. The SMILES string of the molecule is CC[C@@H](C)NC(=O)[C@@H](C)N(Cc1c(Cl)cccc1Cl)C(=O)CN(c1cccc(C)c1C)S(=O)(=O)c1ccccc1. The summed E-state index contributed by atoms with van der Waals surface area (Å²) in [5, 5.41) is 3.58. The zero-order valence-electron chi connectivity index (χ0n) is 23.3. The van der Waals surface area contributed by atoms with Gasteiger partial charge in [0.2, 0.25) is 11.8 Å². The van der Waals surface area contributed by atoms with Crippen LogP contribution in [0.15, 0.2) is 71.6 Å². The molecule has 3 rings (SSSR count). The van der Waals surface area contributed by atoms with Crippen molar-refractivity contribution in [3.63, 3.8) is 0 Å². The average Bonchev–Trinajstić information content (AvgIpc) is 2.93. The van der Waals surface area contributed by atoms with E-state index >= 15 is 0 Å². The first-order chi connectivity index (χ1) is 18.9. The number of aryl methyl sites for hydroxylation is 1. The molecule has 0 aromatic heterocycles. The van der Waals surface area contributed by atoms with Crippen LogP contribution in [0.1, 0.15) is 43.9 Å². The molecule has 0 saturated heterocycles. The van der Waals surface area contributed by atoms with Gasteiger partial charge in [-0.15, -0.1) is 0 Å². The Morgan fingerprint density at radius 3 is 2.10 bits per heavy atom. The van der Waals surface area contributed by atoms with Crippen LogP contribution < -0.4 is 9.62 Å². The normalized spacial score (nSPS) is 12.9. The molecule has 0 aliphatic carbocycles. The molecule has 0 aliphatic rings.